The predicted molar refractivity (Wildman–Crippen MR) is 54.8 cm³/mol. The Morgan fingerprint density at radius 3 is 2.93 bits per heavy atom. The molecule has 4 nitrogen and oxygen atoms in total. The summed E-state index contributed by atoms with van der Waals surface area (Å²) in [6, 6.07) is 0. The zero-order valence-electron chi connectivity index (χ0n) is 8.66. The molecule has 0 aliphatic carbocycles. The molecule has 0 aromatic rings. The molecule has 0 aliphatic rings. The standard InChI is InChI=1S/C10H19NO3/c1-3-5-6-7-9(12)11-10(13)14-8-4-2/h4,9,12H,2-3,5-8H2,1H3,(H,11,13). The summed E-state index contributed by atoms with van der Waals surface area (Å²) in [5.41, 5.74) is 0. The molecule has 0 fully saturated rings. The minimum absolute atomic E-state index is 0.160. The van der Waals surface area contributed by atoms with Crippen LogP contribution in [0.15, 0.2) is 12.7 Å². The van der Waals surface area contributed by atoms with Crippen molar-refractivity contribution in [2.45, 2.75) is 38.8 Å². The van der Waals surface area contributed by atoms with Gasteiger partial charge in [-0.3, -0.25) is 5.32 Å². The van der Waals surface area contributed by atoms with E-state index >= 15 is 0 Å². The molecule has 0 saturated carbocycles. The number of nitrogens with one attached hydrogen (secondary N) is 1. The molecule has 0 saturated heterocycles. The summed E-state index contributed by atoms with van der Waals surface area (Å²) in [6.07, 6.45) is 3.68. The molecule has 2 N–H and O–H groups in total. The van der Waals surface area contributed by atoms with Gasteiger partial charge in [0.25, 0.3) is 0 Å². The van der Waals surface area contributed by atoms with Gasteiger partial charge in [-0.2, -0.15) is 0 Å². The van der Waals surface area contributed by atoms with E-state index in [-0.39, 0.29) is 6.61 Å². The summed E-state index contributed by atoms with van der Waals surface area (Å²) in [5, 5.41) is 11.6. The van der Waals surface area contributed by atoms with Crippen molar-refractivity contribution in [1.82, 2.24) is 5.32 Å². The Hall–Kier alpha value is -1.03. The van der Waals surface area contributed by atoms with E-state index in [1.807, 2.05) is 0 Å². The molecule has 0 heterocycles. The third-order valence-corrected chi connectivity index (χ3v) is 1.70. The zero-order valence-corrected chi connectivity index (χ0v) is 8.66. The van der Waals surface area contributed by atoms with Crippen molar-refractivity contribution >= 4 is 6.09 Å². The second-order valence-electron chi connectivity index (χ2n) is 3.04. The summed E-state index contributed by atoms with van der Waals surface area (Å²) in [6.45, 7) is 5.65. The fourth-order valence-electron chi connectivity index (χ4n) is 0.972. The molecule has 4 heteroatoms. The minimum Gasteiger partial charge on any atom is -0.445 e. The highest BCUT2D eigenvalue weighted by atomic mass is 16.5. The van der Waals surface area contributed by atoms with Crippen LogP contribution >= 0.6 is 0 Å². The van der Waals surface area contributed by atoms with Crippen LogP contribution in [0.2, 0.25) is 0 Å². The second kappa shape index (κ2) is 8.56. The molecule has 1 atom stereocenters. The fraction of sp³-hybridized carbons (Fsp3) is 0.700. The molecular formula is C10H19NO3. The van der Waals surface area contributed by atoms with E-state index in [1.165, 1.54) is 6.08 Å². The Morgan fingerprint density at radius 2 is 2.36 bits per heavy atom. The first-order valence-corrected chi connectivity index (χ1v) is 4.93. The Labute approximate surface area is 85.0 Å². The van der Waals surface area contributed by atoms with Crippen molar-refractivity contribution in [3.63, 3.8) is 0 Å². The van der Waals surface area contributed by atoms with Gasteiger partial charge in [0.2, 0.25) is 0 Å². The molecule has 0 rings (SSSR count). The van der Waals surface area contributed by atoms with Crippen LogP contribution in [0.3, 0.4) is 0 Å². The number of alkyl carbamates (subject to hydrolysis) is 1. The molecule has 14 heavy (non-hydrogen) atoms. The number of amides is 1. The molecule has 0 aliphatic heterocycles. The van der Waals surface area contributed by atoms with Crippen molar-refractivity contribution in [2.24, 2.45) is 0 Å². The lowest BCUT2D eigenvalue weighted by Gasteiger charge is -2.11. The monoisotopic (exact) mass is 201 g/mol. The summed E-state index contributed by atoms with van der Waals surface area (Å²) in [7, 11) is 0. The topological polar surface area (TPSA) is 58.6 Å². The van der Waals surface area contributed by atoms with Crippen LogP contribution in [0.4, 0.5) is 4.79 Å². The van der Waals surface area contributed by atoms with Gasteiger partial charge in [-0.05, 0) is 12.8 Å². The normalized spacial score (nSPS) is 11.9. The highest BCUT2D eigenvalue weighted by molar-refractivity contribution is 5.67. The van der Waals surface area contributed by atoms with Crippen LogP contribution in [0.1, 0.15) is 32.6 Å². The highest BCUT2D eigenvalue weighted by Crippen LogP contribution is 2.01. The maximum Gasteiger partial charge on any atom is 0.409 e. The second-order valence-corrected chi connectivity index (χ2v) is 3.04. The molecule has 1 amide bonds. The van der Waals surface area contributed by atoms with Gasteiger partial charge < -0.3 is 9.84 Å². The quantitative estimate of drug-likeness (QED) is 0.375. The number of ether oxygens (including phenoxy) is 1. The number of hydrogen-bond donors (Lipinski definition) is 2. The van der Waals surface area contributed by atoms with Crippen molar-refractivity contribution in [1.29, 1.82) is 0 Å². The van der Waals surface area contributed by atoms with Gasteiger partial charge in [-0.15, -0.1) is 0 Å². The number of unbranched alkanes of at least 4 members (excludes halogenated alkanes) is 2. The van der Waals surface area contributed by atoms with Crippen LogP contribution in [-0.2, 0) is 4.74 Å². The van der Waals surface area contributed by atoms with Gasteiger partial charge in [0, 0.05) is 0 Å². The van der Waals surface area contributed by atoms with Crippen LogP contribution < -0.4 is 5.32 Å². The number of aliphatic hydroxyl groups excluding tert-OH is 1. The molecule has 0 spiro atoms. The summed E-state index contributed by atoms with van der Waals surface area (Å²) >= 11 is 0. The van der Waals surface area contributed by atoms with Crippen LogP contribution in [0.5, 0.6) is 0 Å². The average molecular weight is 201 g/mol. The van der Waals surface area contributed by atoms with Gasteiger partial charge in [0.15, 0.2) is 0 Å². The first-order valence-electron chi connectivity index (χ1n) is 4.93. The predicted octanol–water partition coefficient (Wildman–Crippen LogP) is 1.80. The third-order valence-electron chi connectivity index (χ3n) is 1.70. The van der Waals surface area contributed by atoms with E-state index in [0.717, 1.165) is 19.3 Å². The lowest BCUT2D eigenvalue weighted by atomic mass is 10.2. The van der Waals surface area contributed by atoms with E-state index in [4.69, 9.17) is 0 Å². The van der Waals surface area contributed by atoms with E-state index in [0.29, 0.717) is 6.42 Å². The van der Waals surface area contributed by atoms with Crippen molar-refractivity contribution in [3.8, 4) is 0 Å². The Balaban J connectivity index is 3.44. The van der Waals surface area contributed by atoms with Gasteiger partial charge in [-0.1, -0.05) is 32.4 Å². The summed E-state index contributed by atoms with van der Waals surface area (Å²) < 4.78 is 4.64. The molecule has 0 aromatic heterocycles. The Bertz CT molecular complexity index is 171. The van der Waals surface area contributed by atoms with E-state index in [1.54, 1.807) is 0 Å². The first kappa shape index (κ1) is 13.0. The molecule has 0 bridgehead atoms. The summed E-state index contributed by atoms with van der Waals surface area (Å²) in [4.78, 5) is 10.9. The van der Waals surface area contributed by atoms with Gasteiger partial charge in [0.05, 0.1) is 0 Å². The van der Waals surface area contributed by atoms with Crippen molar-refractivity contribution < 1.29 is 14.6 Å². The number of rotatable bonds is 7. The lowest BCUT2D eigenvalue weighted by Crippen LogP contribution is -2.35. The third kappa shape index (κ3) is 7.61. The van der Waals surface area contributed by atoms with Gasteiger partial charge in [-0.25, -0.2) is 4.79 Å². The highest BCUT2D eigenvalue weighted by Gasteiger charge is 2.07. The minimum atomic E-state index is -0.807. The number of hydrogen-bond acceptors (Lipinski definition) is 3. The smallest absolute Gasteiger partial charge is 0.409 e. The van der Waals surface area contributed by atoms with E-state index < -0.39 is 12.3 Å². The first-order chi connectivity index (χ1) is 6.70. The maximum atomic E-state index is 10.9. The Morgan fingerprint density at radius 1 is 1.64 bits per heavy atom. The van der Waals surface area contributed by atoms with Gasteiger partial charge >= 0.3 is 6.09 Å². The zero-order chi connectivity index (χ0) is 10.8. The molecular weight excluding hydrogens is 182 g/mol. The maximum absolute atomic E-state index is 10.9. The molecule has 0 radical (unpaired) electrons. The van der Waals surface area contributed by atoms with Crippen molar-refractivity contribution in [2.75, 3.05) is 6.61 Å². The average Bonchev–Trinajstić information content (AvgIpc) is 2.15. The lowest BCUT2D eigenvalue weighted by molar-refractivity contribution is 0.0979. The number of aliphatic hydroxyl groups is 1. The molecule has 0 aromatic carbocycles. The van der Waals surface area contributed by atoms with Crippen molar-refractivity contribution in [3.05, 3.63) is 12.7 Å². The fourth-order valence-corrected chi connectivity index (χ4v) is 0.972. The van der Waals surface area contributed by atoms with Gasteiger partial charge in [0.1, 0.15) is 12.8 Å². The van der Waals surface area contributed by atoms with E-state index in [2.05, 4.69) is 23.6 Å². The molecule has 1 unspecified atom stereocenters. The van der Waals surface area contributed by atoms with Crippen LogP contribution in [-0.4, -0.2) is 24.0 Å². The summed E-state index contributed by atoms with van der Waals surface area (Å²) in [5.74, 6) is 0. The van der Waals surface area contributed by atoms with Crippen LogP contribution in [0.25, 0.3) is 0 Å². The Kier molecular flexibility index (Phi) is 7.93. The van der Waals surface area contributed by atoms with Crippen LogP contribution in [0, 0.1) is 0 Å². The largest absolute Gasteiger partial charge is 0.445 e. The number of carbonyl (C=O) groups excluding carboxylic acids is 1. The number of carbonyl (C=O) groups is 1. The molecule has 82 valence electrons. The van der Waals surface area contributed by atoms with E-state index in [9.17, 15) is 9.90 Å². The SMILES string of the molecule is C=CCOC(=O)NC(O)CCCCC.